The second-order valence-electron chi connectivity index (χ2n) is 4.10. The molecule has 0 amide bonds. The zero-order valence-electron chi connectivity index (χ0n) is 10.3. The van der Waals surface area contributed by atoms with Crippen molar-refractivity contribution in [2.75, 3.05) is 5.73 Å². The molecule has 0 aliphatic heterocycles. The van der Waals surface area contributed by atoms with Crippen LogP contribution in [0.15, 0.2) is 12.4 Å². The number of hydrogen-bond donors (Lipinski definition) is 1. The number of nitrogens with zero attached hydrogens (tertiary/aromatic N) is 5. The number of imidazole rings is 1. The van der Waals surface area contributed by atoms with Crippen LogP contribution >= 0.6 is 0 Å². The van der Waals surface area contributed by atoms with Gasteiger partial charge in [0, 0.05) is 25.9 Å². The van der Waals surface area contributed by atoms with Gasteiger partial charge in [-0.1, -0.05) is 18.6 Å². The Hall–Kier alpha value is -1.85. The molecule has 2 aromatic rings. The predicted octanol–water partition coefficient (Wildman–Crippen LogP) is 0.789. The highest BCUT2D eigenvalue weighted by atomic mass is 15.4. The van der Waals surface area contributed by atoms with Gasteiger partial charge in [0.1, 0.15) is 5.82 Å². The zero-order chi connectivity index (χ0) is 12.3. The summed E-state index contributed by atoms with van der Waals surface area (Å²) in [7, 11) is 1.99. The minimum Gasteiger partial charge on any atom is -0.381 e. The number of hydrogen-bond acceptors (Lipinski definition) is 4. The van der Waals surface area contributed by atoms with E-state index in [1.807, 2.05) is 22.5 Å². The molecule has 0 spiro atoms. The normalized spacial score (nSPS) is 10.9. The Balaban J connectivity index is 2.06. The average molecular weight is 234 g/mol. The molecule has 0 saturated heterocycles. The Morgan fingerprint density at radius 3 is 2.82 bits per heavy atom. The molecule has 0 saturated carbocycles. The van der Waals surface area contributed by atoms with E-state index in [-0.39, 0.29) is 0 Å². The highest BCUT2D eigenvalue weighted by Gasteiger charge is 2.09. The number of nitrogens with two attached hydrogens (primary N) is 1. The van der Waals surface area contributed by atoms with Crippen LogP contribution in [0.1, 0.15) is 24.9 Å². The van der Waals surface area contributed by atoms with Gasteiger partial charge in [-0.25, -0.2) is 9.67 Å². The summed E-state index contributed by atoms with van der Waals surface area (Å²) in [5.41, 5.74) is 6.82. The Kier molecular flexibility index (Phi) is 3.41. The Labute approximate surface area is 100 Å². The summed E-state index contributed by atoms with van der Waals surface area (Å²) < 4.78 is 3.90. The van der Waals surface area contributed by atoms with Gasteiger partial charge in [-0.05, 0) is 6.42 Å². The fourth-order valence-corrected chi connectivity index (χ4v) is 1.86. The van der Waals surface area contributed by atoms with E-state index in [1.54, 1.807) is 6.20 Å². The van der Waals surface area contributed by atoms with Crippen molar-refractivity contribution in [3.8, 4) is 0 Å². The highest BCUT2D eigenvalue weighted by Crippen LogP contribution is 2.10. The van der Waals surface area contributed by atoms with Crippen molar-refractivity contribution in [1.29, 1.82) is 0 Å². The van der Waals surface area contributed by atoms with Gasteiger partial charge >= 0.3 is 0 Å². The van der Waals surface area contributed by atoms with E-state index in [4.69, 9.17) is 5.73 Å². The zero-order valence-corrected chi connectivity index (χ0v) is 10.3. The van der Waals surface area contributed by atoms with Gasteiger partial charge in [-0.3, -0.25) is 0 Å². The highest BCUT2D eigenvalue weighted by molar-refractivity contribution is 5.32. The van der Waals surface area contributed by atoms with Crippen LogP contribution in [-0.4, -0.2) is 24.5 Å². The molecule has 0 bridgehead atoms. The van der Waals surface area contributed by atoms with E-state index in [9.17, 15) is 0 Å². The minimum absolute atomic E-state index is 0.548. The molecule has 0 aromatic carbocycles. The van der Waals surface area contributed by atoms with E-state index in [2.05, 4.69) is 22.2 Å². The molecule has 6 nitrogen and oxygen atoms in total. The van der Waals surface area contributed by atoms with Gasteiger partial charge < -0.3 is 10.3 Å². The summed E-state index contributed by atoms with van der Waals surface area (Å²) in [6.45, 7) is 2.89. The first-order valence-corrected chi connectivity index (χ1v) is 5.86. The summed E-state index contributed by atoms with van der Waals surface area (Å²) in [5, 5.41) is 7.99. The van der Waals surface area contributed by atoms with E-state index < -0.39 is 0 Å². The van der Waals surface area contributed by atoms with Crippen LogP contribution in [-0.2, 0) is 26.4 Å². The molecular formula is C11H18N6. The van der Waals surface area contributed by atoms with Crippen LogP contribution in [0.4, 0.5) is 5.82 Å². The van der Waals surface area contributed by atoms with Crippen LogP contribution in [0.25, 0.3) is 0 Å². The van der Waals surface area contributed by atoms with Gasteiger partial charge in [0.25, 0.3) is 0 Å². The van der Waals surface area contributed by atoms with Crippen molar-refractivity contribution < 1.29 is 0 Å². The summed E-state index contributed by atoms with van der Waals surface area (Å²) >= 11 is 0. The molecule has 6 heteroatoms. The molecule has 0 radical (unpaired) electrons. The van der Waals surface area contributed by atoms with Crippen LogP contribution in [0.2, 0.25) is 0 Å². The molecule has 92 valence electrons. The van der Waals surface area contributed by atoms with Gasteiger partial charge in [0.05, 0.1) is 12.2 Å². The first-order valence-electron chi connectivity index (χ1n) is 5.86. The SMILES string of the molecule is CCCc1c(N)nnn1CCc1nccn1C. The average Bonchev–Trinajstić information content (AvgIpc) is 2.86. The van der Waals surface area contributed by atoms with E-state index in [0.29, 0.717) is 5.82 Å². The number of nitrogen functional groups attached to an aromatic ring is 1. The lowest BCUT2D eigenvalue weighted by molar-refractivity contribution is 0.545. The van der Waals surface area contributed by atoms with Crippen LogP contribution in [0.5, 0.6) is 0 Å². The van der Waals surface area contributed by atoms with E-state index >= 15 is 0 Å². The first-order chi connectivity index (χ1) is 8.22. The van der Waals surface area contributed by atoms with Crippen molar-refractivity contribution in [2.24, 2.45) is 7.05 Å². The largest absolute Gasteiger partial charge is 0.381 e. The summed E-state index contributed by atoms with van der Waals surface area (Å²) in [5.74, 6) is 1.59. The maximum atomic E-state index is 5.79. The molecule has 0 aliphatic carbocycles. The number of anilines is 1. The number of aromatic nitrogens is 5. The number of aryl methyl sites for hydroxylation is 3. The lowest BCUT2D eigenvalue weighted by atomic mass is 10.2. The van der Waals surface area contributed by atoms with Gasteiger partial charge in [0.15, 0.2) is 5.82 Å². The van der Waals surface area contributed by atoms with E-state index in [1.165, 1.54) is 0 Å². The minimum atomic E-state index is 0.548. The molecule has 0 unspecified atom stereocenters. The van der Waals surface area contributed by atoms with Crippen LogP contribution in [0, 0.1) is 0 Å². The van der Waals surface area contributed by atoms with Crippen molar-refractivity contribution in [1.82, 2.24) is 24.5 Å². The predicted molar refractivity (Wildman–Crippen MR) is 65.3 cm³/mol. The van der Waals surface area contributed by atoms with Gasteiger partial charge in [-0.15, -0.1) is 5.10 Å². The summed E-state index contributed by atoms with van der Waals surface area (Å²) in [6.07, 6.45) is 6.54. The first kappa shape index (κ1) is 11.6. The maximum absolute atomic E-state index is 5.79. The fourth-order valence-electron chi connectivity index (χ4n) is 1.86. The second-order valence-corrected chi connectivity index (χ2v) is 4.10. The molecule has 2 aromatic heterocycles. The van der Waals surface area contributed by atoms with Crippen LogP contribution < -0.4 is 5.73 Å². The molecule has 2 N–H and O–H groups in total. The third kappa shape index (κ3) is 2.46. The summed E-state index contributed by atoms with van der Waals surface area (Å²) in [4.78, 5) is 4.28. The fraction of sp³-hybridized carbons (Fsp3) is 0.545. The van der Waals surface area contributed by atoms with Crippen LogP contribution in [0.3, 0.4) is 0 Å². The van der Waals surface area contributed by atoms with E-state index in [0.717, 1.165) is 37.3 Å². The Morgan fingerprint density at radius 2 is 2.18 bits per heavy atom. The number of rotatable bonds is 5. The topological polar surface area (TPSA) is 74.6 Å². The molecule has 0 aliphatic rings. The molecule has 17 heavy (non-hydrogen) atoms. The standard InChI is InChI=1S/C11H18N6/c1-3-4-9-11(12)14-15-17(9)7-5-10-13-6-8-16(10)2/h6,8H,3-5,7,12H2,1-2H3. The lowest BCUT2D eigenvalue weighted by Crippen LogP contribution is -2.10. The molecule has 2 rings (SSSR count). The Morgan fingerprint density at radius 1 is 1.35 bits per heavy atom. The van der Waals surface area contributed by atoms with Crippen molar-refractivity contribution in [3.05, 3.63) is 23.9 Å². The van der Waals surface area contributed by atoms with Gasteiger partial charge in [-0.2, -0.15) is 0 Å². The molecular weight excluding hydrogens is 216 g/mol. The quantitative estimate of drug-likeness (QED) is 0.830. The maximum Gasteiger partial charge on any atom is 0.169 e. The van der Waals surface area contributed by atoms with Crippen molar-refractivity contribution in [2.45, 2.75) is 32.7 Å². The summed E-state index contributed by atoms with van der Waals surface area (Å²) in [6, 6.07) is 0. The van der Waals surface area contributed by atoms with Crippen molar-refractivity contribution in [3.63, 3.8) is 0 Å². The Bertz CT molecular complexity index is 484. The van der Waals surface area contributed by atoms with Gasteiger partial charge in [0.2, 0.25) is 0 Å². The molecule has 2 heterocycles. The molecule has 0 atom stereocenters. The lowest BCUT2D eigenvalue weighted by Gasteiger charge is -2.06. The molecule has 0 fully saturated rings. The smallest absolute Gasteiger partial charge is 0.169 e. The third-order valence-electron chi connectivity index (χ3n) is 2.82. The monoisotopic (exact) mass is 234 g/mol. The van der Waals surface area contributed by atoms with Crippen molar-refractivity contribution >= 4 is 5.82 Å². The third-order valence-corrected chi connectivity index (χ3v) is 2.82. The second kappa shape index (κ2) is 4.99.